The van der Waals surface area contributed by atoms with Crippen LogP contribution in [0.2, 0.25) is 0 Å². The molecule has 4 heterocycles. The zero-order chi connectivity index (χ0) is 17.6. The van der Waals surface area contributed by atoms with Crippen LogP contribution in [0.4, 0.5) is 0 Å². The summed E-state index contributed by atoms with van der Waals surface area (Å²) in [5.41, 5.74) is 3.57. The van der Waals surface area contributed by atoms with E-state index in [1.807, 2.05) is 11.0 Å². The number of carbonyl (C=O) groups excluding carboxylic acids is 1. The lowest BCUT2D eigenvalue weighted by Crippen LogP contribution is -2.33. The van der Waals surface area contributed by atoms with Crippen molar-refractivity contribution in [1.82, 2.24) is 25.2 Å². The van der Waals surface area contributed by atoms with Crippen LogP contribution in [0.1, 0.15) is 71.8 Å². The Bertz CT molecular complexity index is 778. The minimum atomic E-state index is -0.0163. The van der Waals surface area contributed by atoms with E-state index in [1.54, 1.807) is 0 Å². The zero-order valence-electron chi connectivity index (χ0n) is 15.1. The summed E-state index contributed by atoms with van der Waals surface area (Å²) in [6.07, 6.45) is 2.81. The number of nitrogens with one attached hydrogen (secondary N) is 1. The number of fused-ring (bicyclic) bond motifs is 1. The highest BCUT2D eigenvalue weighted by atomic mass is 16.5. The van der Waals surface area contributed by atoms with Gasteiger partial charge in [-0.25, -0.2) is 0 Å². The summed E-state index contributed by atoms with van der Waals surface area (Å²) >= 11 is 0. The van der Waals surface area contributed by atoms with E-state index in [4.69, 9.17) is 4.52 Å². The van der Waals surface area contributed by atoms with Gasteiger partial charge in [0.2, 0.25) is 0 Å². The Morgan fingerprint density at radius 2 is 2.24 bits per heavy atom. The Kier molecular flexibility index (Phi) is 4.11. The van der Waals surface area contributed by atoms with Gasteiger partial charge in [0.05, 0.1) is 6.04 Å². The molecule has 1 amide bonds. The lowest BCUT2D eigenvalue weighted by Gasteiger charge is -2.25. The van der Waals surface area contributed by atoms with E-state index in [9.17, 15) is 4.79 Å². The van der Waals surface area contributed by atoms with E-state index in [0.29, 0.717) is 11.6 Å². The molecule has 1 N–H and O–H groups in total. The molecular formula is C18H25N5O2. The van der Waals surface area contributed by atoms with E-state index in [0.717, 1.165) is 61.6 Å². The highest BCUT2D eigenvalue weighted by Gasteiger charge is 2.36. The van der Waals surface area contributed by atoms with E-state index in [-0.39, 0.29) is 11.9 Å². The average molecular weight is 343 g/mol. The van der Waals surface area contributed by atoms with Crippen LogP contribution in [0.3, 0.4) is 0 Å². The number of rotatable bonds is 3. The molecule has 2 aliphatic rings. The first-order valence-electron chi connectivity index (χ1n) is 9.06. The third kappa shape index (κ3) is 2.86. The van der Waals surface area contributed by atoms with Gasteiger partial charge in [0.25, 0.3) is 5.91 Å². The molecule has 1 saturated heterocycles. The molecule has 2 aromatic heterocycles. The molecule has 2 aliphatic heterocycles. The molecule has 0 aromatic carbocycles. The van der Waals surface area contributed by atoms with Crippen molar-refractivity contribution in [3.63, 3.8) is 0 Å². The van der Waals surface area contributed by atoms with Crippen molar-refractivity contribution in [2.45, 2.75) is 51.6 Å². The van der Waals surface area contributed by atoms with Gasteiger partial charge < -0.3 is 14.3 Å². The van der Waals surface area contributed by atoms with Crippen LogP contribution in [-0.4, -0.2) is 51.2 Å². The van der Waals surface area contributed by atoms with Crippen LogP contribution >= 0.6 is 0 Å². The molecule has 0 unspecified atom stereocenters. The van der Waals surface area contributed by atoms with Gasteiger partial charge in [-0.15, -0.1) is 0 Å². The normalized spacial score (nSPS) is 21.1. The second-order valence-corrected chi connectivity index (χ2v) is 7.48. The molecule has 0 aliphatic carbocycles. The Morgan fingerprint density at radius 3 is 3.00 bits per heavy atom. The average Bonchev–Trinajstić information content (AvgIpc) is 3.31. The number of aromatic nitrogens is 3. The first kappa shape index (κ1) is 16.3. The lowest BCUT2D eigenvalue weighted by molar-refractivity contribution is 0.0722. The first-order valence-corrected chi connectivity index (χ1v) is 9.06. The minimum Gasteiger partial charge on any atom is -0.361 e. The van der Waals surface area contributed by atoms with Crippen molar-refractivity contribution in [2.75, 3.05) is 20.1 Å². The first-order chi connectivity index (χ1) is 12.0. The fourth-order valence-electron chi connectivity index (χ4n) is 3.79. The Balaban J connectivity index is 1.60. The van der Waals surface area contributed by atoms with Crippen LogP contribution < -0.4 is 0 Å². The van der Waals surface area contributed by atoms with Gasteiger partial charge in [-0.1, -0.05) is 19.0 Å². The largest absolute Gasteiger partial charge is 0.361 e. The van der Waals surface area contributed by atoms with Crippen molar-refractivity contribution in [1.29, 1.82) is 0 Å². The summed E-state index contributed by atoms with van der Waals surface area (Å²) in [5, 5.41) is 11.6. The number of carbonyl (C=O) groups is 1. The van der Waals surface area contributed by atoms with Crippen LogP contribution in [-0.2, 0) is 13.0 Å². The maximum atomic E-state index is 13.2. The smallest absolute Gasteiger partial charge is 0.275 e. The van der Waals surface area contributed by atoms with E-state index >= 15 is 0 Å². The quantitative estimate of drug-likeness (QED) is 0.926. The van der Waals surface area contributed by atoms with Crippen molar-refractivity contribution < 1.29 is 9.32 Å². The van der Waals surface area contributed by atoms with E-state index in [1.165, 1.54) is 0 Å². The number of likely N-dealkylation sites (N-methyl/N-ethyl adjacent to an activating group) is 1. The van der Waals surface area contributed by atoms with Gasteiger partial charge in [0, 0.05) is 49.3 Å². The van der Waals surface area contributed by atoms with Gasteiger partial charge in [0.1, 0.15) is 11.5 Å². The molecule has 2 aromatic rings. The molecule has 0 radical (unpaired) electrons. The van der Waals surface area contributed by atoms with Crippen molar-refractivity contribution >= 4 is 5.91 Å². The molecule has 1 fully saturated rings. The van der Waals surface area contributed by atoms with Crippen molar-refractivity contribution in [2.24, 2.45) is 0 Å². The minimum absolute atomic E-state index is 0.00407. The van der Waals surface area contributed by atoms with Gasteiger partial charge in [0.15, 0.2) is 5.69 Å². The van der Waals surface area contributed by atoms with Gasteiger partial charge in [-0.3, -0.25) is 9.89 Å². The number of nitrogens with zero attached hydrogens (tertiary/aromatic N) is 4. The molecule has 1 atom stereocenters. The van der Waals surface area contributed by atoms with Gasteiger partial charge in [-0.2, -0.15) is 5.10 Å². The molecule has 7 nitrogen and oxygen atoms in total. The Hall–Kier alpha value is -2.15. The number of H-pyrrole nitrogens is 1. The topological polar surface area (TPSA) is 78.3 Å². The zero-order valence-corrected chi connectivity index (χ0v) is 15.1. The summed E-state index contributed by atoms with van der Waals surface area (Å²) in [7, 11) is 2.08. The number of likely N-dealkylation sites (tertiary alicyclic amines) is 1. The predicted molar refractivity (Wildman–Crippen MR) is 92.2 cm³/mol. The van der Waals surface area contributed by atoms with Crippen LogP contribution in [0.5, 0.6) is 0 Å². The maximum Gasteiger partial charge on any atom is 0.275 e. The van der Waals surface area contributed by atoms with Gasteiger partial charge >= 0.3 is 0 Å². The summed E-state index contributed by atoms with van der Waals surface area (Å²) in [5.74, 6) is 1.16. The summed E-state index contributed by atoms with van der Waals surface area (Å²) in [6.45, 7) is 6.66. The maximum absolute atomic E-state index is 13.2. The predicted octanol–water partition coefficient (Wildman–Crippen LogP) is 2.49. The van der Waals surface area contributed by atoms with Crippen LogP contribution in [0, 0.1) is 0 Å². The SMILES string of the molecule is CC(C)c1cc([C@H]2CCCN2C(=O)c2n[nH]c3c2CN(C)CC3)no1. The Labute approximate surface area is 147 Å². The van der Waals surface area contributed by atoms with Crippen molar-refractivity contribution in [3.8, 4) is 0 Å². The molecule has 25 heavy (non-hydrogen) atoms. The summed E-state index contributed by atoms with van der Waals surface area (Å²) < 4.78 is 5.45. The van der Waals surface area contributed by atoms with E-state index in [2.05, 4.69) is 41.1 Å². The highest BCUT2D eigenvalue weighted by molar-refractivity contribution is 5.94. The summed E-state index contributed by atoms with van der Waals surface area (Å²) in [4.78, 5) is 17.3. The van der Waals surface area contributed by atoms with Crippen LogP contribution in [0.25, 0.3) is 0 Å². The number of hydrogen-bond acceptors (Lipinski definition) is 5. The summed E-state index contributed by atoms with van der Waals surface area (Å²) in [6, 6.07) is 1.98. The second-order valence-electron chi connectivity index (χ2n) is 7.48. The molecule has 0 saturated carbocycles. The molecule has 4 rings (SSSR count). The van der Waals surface area contributed by atoms with Gasteiger partial charge in [-0.05, 0) is 19.9 Å². The molecule has 0 bridgehead atoms. The third-order valence-electron chi connectivity index (χ3n) is 5.30. The third-order valence-corrected chi connectivity index (χ3v) is 5.30. The molecule has 0 spiro atoms. The Morgan fingerprint density at radius 1 is 1.40 bits per heavy atom. The van der Waals surface area contributed by atoms with Crippen molar-refractivity contribution in [3.05, 3.63) is 34.5 Å². The fourth-order valence-corrected chi connectivity index (χ4v) is 3.79. The number of amides is 1. The number of hydrogen-bond donors (Lipinski definition) is 1. The monoisotopic (exact) mass is 343 g/mol. The number of aromatic amines is 1. The second kappa shape index (κ2) is 6.29. The lowest BCUT2D eigenvalue weighted by atomic mass is 10.0. The molecule has 134 valence electrons. The van der Waals surface area contributed by atoms with E-state index < -0.39 is 0 Å². The van der Waals surface area contributed by atoms with Crippen LogP contribution in [0.15, 0.2) is 10.6 Å². The molecular weight excluding hydrogens is 318 g/mol. The fraction of sp³-hybridized carbons (Fsp3) is 0.611. The standard InChI is InChI=1S/C18H25N5O2/c1-11(2)16-9-14(21-25-16)15-5-4-7-23(15)18(24)17-12-10-22(3)8-6-13(12)19-20-17/h9,11,15H,4-8,10H2,1-3H3,(H,19,20)/t15-/m1/s1. The highest BCUT2D eigenvalue weighted by Crippen LogP contribution is 2.34. The molecule has 7 heteroatoms.